The Morgan fingerprint density at radius 3 is 2.96 bits per heavy atom. The molecule has 2 aromatic rings. The Morgan fingerprint density at radius 2 is 2.32 bits per heavy atom. The zero-order valence-electron chi connectivity index (χ0n) is 13.9. The van der Waals surface area contributed by atoms with E-state index in [1.807, 2.05) is 0 Å². The first kappa shape index (κ1) is 17.0. The van der Waals surface area contributed by atoms with Crippen LogP contribution in [0.3, 0.4) is 0 Å². The number of amides is 2. The first-order valence-electron chi connectivity index (χ1n) is 7.80. The number of fused-ring (bicyclic) bond motifs is 1. The summed E-state index contributed by atoms with van der Waals surface area (Å²) in [5, 5.41) is 16.8. The van der Waals surface area contributed by atoms with Crippen LogP contribution in [0.1, 0.15) is 33.4 Å². The molecular formula is C16H17N5O3S. The summed E-state index contributed by atoms with van der Waals surface area (Å²) in [6, 6.07) is 3.78. The summed E-state index contributed by atoms with van der Waals surface area (Å²) in [5.41, 5.74) is 1.64. The fourth-order valence-corrected chi connectivity index (χ4v) is 3.89. The van der Waals surface area contributed by atoms with E-state index >= 15 is 0 Å². The van der Waals surface area contributed by atoms with Crippen molar-refractivity contribution in [3.63, 3.8) is 0 Å². The number of nitrogens with one attached hydrogen (secondary N) is 1. The highest BCUT2D eigenvalue weighted by Crippen LogP contribution is 2.37. The molecule has 25 heavy (non-hydrogen) atoms. The van der Waals surface area contributed by atoms with Crippen molar-refractivity contribution < 1.29 is 14.3 Å². The number of nitriles is 1. The fraction of sp³-hybridized carbons (Fsp3) is 0.375. The highest BCUT2D eigenvalue weighted by atomic mass is 32.1. The first-order chi connectivity index (χ1) is 12.0. The van der Waals surface area contributed by atoms with Crippen LogP contribution < -0.4 is 5.32 Å². The lowest BCUT2D eigenvalue weighted by Gasteiger charge is -2.25. The smallest absolute Gasteiger partial charge is 0.410 e. The molecule has 0 unspecified atom stereocenters. The molecule has 0 saturated heterocycles. The van der Waals surface area contributed by atoms with E-state index in [0.717, 1.165) is 10.4 Å². The number of carbonyl (C=O) groups is 2. The normalized spacial score (nSPS) is 13.1. The van der Waals surface area contributed by atoms with E-state index in [-0.39, 0.29) is 17.7 Å². The summed E-state index contributed by atoms with van der Waals surface area (Å²) >= 11 is 1.32. The molecule has 0 atom stereocenters. The predicted molar refractivity (Wildman–Crippen MR) is 91.3 cm³/mol. The van der Waals surface area contributed by atoms with Crippen LogP contribution in [0.25, 0.3) is 0 Å². The Hall–Kier alpha value is -2.86. The largest absolute Gasteiger partial charge is 0.450 e. The molecule has 1 N–H and O–H groups in total. The van der Waals surface area contributed by atoms with Gasteiger partial charge in [-0.1, -0.05) is 0 Å². The predicted octanol–water partition coefficient (Wildman–Crippen LogP) is 2.12. The topological polar surface area (TPSA) is 100 Å². The summed E-state index contributed by atoms with van der Waals surface area (Å²) < 4.78 is 6.57. The van der Waals surface area contributed by atoms with E-state index in [1.54, 1.807) is 31.1 Å². The van der Waals surface area contributed by atoms with Crippen LogP contribution >= 0.6 is 11.3 Å². The molecular weight excluding hydrogens is 342 g/mol. The zero-order valence-corrected chi connectivity index (χ0v) is 14.7. The van der Waals surface area contributed by atoms with Gasteiger partial charge in [0.25, 0.3) is 5.91 Å². The van der Waals surface area contributed by atoms with Crippen LogP contribution in [0, 0.1) is 11.3 Å². The molecule has 130 valence electrons. The van der Waals surface area contributed by atoms with Gasteiger partial charge >= 0.3 is 6.09 Å². The molecule has 1 aliphatic rings. The van der Waals surface area contributed by atoms with Crippen molar-refractivity contribution in [2.45, 2.75) is 19.9 Å². The fourth-order valence-electron chi connectivity index (χ4n) is 2.68. The van der Waals surface area contributed by atoms with Crippen LogP contribution in [-0.2, 0) is 24.8 Å². The minimum absolute atomic E-state index is 0.283. The van der Waals surface area contributed by atoms with Gasteiger partial charge in [0, 0.05) is 24.7 Å². The number of anilines is 1. The monoisotopic (exact) mass is 359 g/mol. The SMILES string of the molecule is CCOC(=O)N1CCc2c(sc(NC(=O)c3ccn(C)n3)c2C#N)C1. The number of rotatable bonds is 3. The Morgan fingerprint density at radius 1 is 1.52 bits per heavy atom. The molecule has 0 aromatic carbocycles. The maximum Gasteiger partial charge on any atom is 0.410 e. The van der Waals surface area contributed by atoms with Crippen molar-refractivity contribution in [1.29, 1.82) is 5.26 Å². The summed E-state index contributed by atoms with van der Waals surface area (Å²) in [7, 11) is 1.73. The van der Waals surface area contributed by atoms with E-state index < -0.39 is 0 Å². The van der Waals surface area contributed by atoms with Gasteiger partial charge < -0.3 is 15.0 Å². The van der Waals surface area contributed by atoms with Crippen LogP contribution in [-0.4, -0.2) is 39.8 Å². The molecule has 0 saturated carbocycles. The highest BCUT2D eigenvalue weighted by Gasteiger charge is 2.28. The van der Waals surface area contributed by atoms with E-state index in [2.05, 4.69) is 16.5 Å². The minimum atomic E-state index is -0.363. The van der Waals surface area contributed by atoms with Crippen molar-refractivity contribution in [1.82, 2.24) is 14.7 Å². The Balaban J connectivity index is 1.82. The van der Waals surface area contributed by atoms with Gasteiger partial charge in [-0.15, -0.1) is 11.3 Å². The van der Waals surface area contributed by atoms with Crippen molar-refractivity contribution >= 4 is 28.3 Å². The van der Waals surface area contributed by atoms with Gasteiger partial charge in [0.2, 0.25) is 0 Å². The average molecular weight is 359 g/mol. The molecule has 0 bridgehead atoms. The van der Waals surface area contributed by atoms with Crippen LogP contribution in [0.2, 0.25) is 0 Å². The molecule has 3 heterocycles. The lowest BCUT2D eigenvalue weighted by atomic mass is 10.0. The van der Waals surface area contributed by atoms with Gasteiger partial charge in [0.05, 0.1) is 18.7 Å². The minimum Gasteiger partial charge on any atom is -0.450 e. The standard InChI is InChI=1S/C16H17N5O3S/c1-3-24-16(23)21-7-4-10-11(8-17)15(25-13(10)9-21)18-14(22)12-5-6-20(2)19-12/h5-6H,3-4,7,9H2,1-2H3,(H,18,22). The van der Waals surface area contributed by atoms with Crippen LogP contribution in [0.15, 0.2) is 12.3 Å². The van der Waals surface area contributed by atoms with Crippen LogP contribution in [0.4, 0.5) is 9.80 Å². The van der Waals surface area contributed by atoms with Gasteiger partial charge in [-0.25, -0.2) is 4.79 Å². The van der Waals surface area contributed by atoms with Gasteiger partial charge in [-0.2, -0.15) is 10.4 Å². The second-order valence-corrected chi connectivity index (χ2v) is 6.62. The lowest BCUT2D eigenvalue weighted by molar-refractivity contribution is 0.101. The number of nitrogens with zero attached hydrogens (tertiary/aromatic N) is 4. The molecule has 2 amide bonds. The summed E-state index contributed by atoms with van der Waals surface area (Å²) in [4.78, 5) is 26.7. The van der Waals surface area contributed by atoms with Crippen molar-refractivity contribution in [3.05, 3.63) is 34.0 Å². The van der Waals surface area contributed by atoms with Crippen LogP contribution in [0.5, 0.6) is 0 Å². The third-order valence-corrected chi connectivity index (χ3v) is 5.00. The second-order valence-electron chi connectivity index (χ2n) is 5.52. The van der Waals surface area contributed by atoms with Gasteiger partial charge in [0.15, 0.2) is 5.69 Å². The third kappa shape index (κ3) is 3.34. The highest BCUT2D eigenvalue weighted by molar-refractivity contribution is 7.16. The first-order valence-corrected chi connectivity index (χ1v) is 8.62. The summed E-state index contributed by atoms with van der Waals surface area (Å²) in [5.74, 6) is -0.363. The number of hydrogen-bond donors (Lipinski definition) is 1. The number of carbonyl (C=O) groups excluding carboxylic acids is 2. The quantitative estimate of drug-likeness (QED) is 0.905. The van der Waals surface area contributed by atoms with Crippen molar-refractivity contribution in [2.24, 2.45) is 7.05 Å². The molecule has 9 heteroatoms. The molecule has 0 radical (unpaired) electrons. The molecule has 0 spiro atoms. The third-order valence-electron chi connectivity index (χ3n) is 3.87. The molecule has 3 rings (SSSR count). The number of thiophene rings is 1. The number of hydrogen-bond acceptors (Lipinski definition) is 6. The molecule has 0 aliphatic carbocycles. The van der Waals surface area contributed by atoms with E-state index in [1.165, 1.54) is 16.0 Å². The lowest BCUT2D eigenvalue weighted by Crippen LogP contribution is -2.35. The van der Waals surface area contributed by atoms with E-state index in [0.29, 0.717) is 36.7 Å². The van der Waals surface area contributed by atoms with E-state index in [9.17, 15) is 14.9 Å². The molecule has 8 nitrogen and oxygen atoms in total. The van der Waals surface area contributed by atoms with Gasteiger partial charge in [-0.05, 0) is 25.0 Å². The number of aromatic nitrogens is 2. The molecule has 1 aliphatic heterocycles. The van der Waals surface area contributed by atoms with Crippen molar-refractivity contribution in [3.8, 4) is 6.07 Å². The number of ether oxygens (including phenoxy) is 1. The second kappa shape index (κ2) is 6.94. The Labute approximate surface area is 148 Å². The van der Waals surface area contributed by atoms with Gasteiger partial charge in [-0.3, -0.25) is 9.48 Å². The van der Waals surface area contributed by atoms with E-state index in [4.69, 9.17) is 4.74 Å². The Bertz CT molecular complexity index is 864. The molecule has 0 fully saturated rings. The summed E-state index contributed by atoms with van der Waals surface area (Å²) in [6.45, 7) is 2.96. The van der Waals surface area contributed by atoms with Gasteiger partial charge in [0.1, 0.15) is 11.1 Å². The zero-order chi connectivity index (χ0) is 18.0. The molecule has 2 aromatic heterocycles. The average Bonchev–Trinajstić information content (AvgIpc) is 3.17. The maximum atomic E-state index is 12.3. The Kier molecular flexibility index (Phi) is 4.72. The summed E-state index contributed by atoms with van der Waals surface area (Å²) in [6.07, 6.45) is 1.88. The number of aryl methyl sites for hydroxylation is 1. The maximum absolute atomic E-state index is 12.3. The van der Waals surface area contributed by atoms with Crippen molar-refractivity contribution in [2.75, 3.05) is 18.5 Å².